The summed E-state index contributed by atoms with van der Waals surface area (Å²) in [5, 5.41) is 2.73. The summed E-state index contributed by atoms with van der Waals surface area (Å²) >= 11 is 0. The van der Waals surface area contributed by atoms with Crippen LogP contribution in [-0.4, -0.2) is 47.4 Å². The zero-order valence-corrected chi connectivity index (χ0v) is 11.9. The second-order valence-corrected chi connectivity index (χ2v) is 5.57. The molecule has 4 amide bonds. The summed E-state index contributed by atoms with van der Waals surface area (Å²) in [5.74, 6) is -2.00. The smallest absolute Gasteiger partial charge is 0.326 e. The summed E-state index contributed by atoms with van der Waals surface area (Å²) in [5.41, 5.74) is 3.95. The van der Waals surface area contributed by atoms with Crippen molar-refractivity contribution in [1.29, 1.82) is 0 Å². The van der Waals surface area contributed by atoms with Crippen LogP contribution >= 0.6 is 0 Å². The topological polar surface area (TPSA) is 119 Å². The van der Waals surface area contributed by atoms with Gasteiger partial charge < -0.3 is 15.8 Å². The van der Waals surface area contributed by atoms with Crippen LogP contribution in [0.3, 0.4) is 0 Å². The van der Waals surface area contributed by atoms with Gasteiger partial charge in [0.25, 0.3) is 11.8 Å². The molecule has 0 aromatic rings. The van der Waals surface area contributed by atoms with Gasteiger partial charge in [-0.3, -0.25) is 19.3 Å². The normalized spacial score (nSPS) is 28.6. The number of nitrogens with zero attached hydrogens (tertiary/aromatic N) is 1. The van der Waals surface area contributed by atoms with Crippen LogP contribution in [0.4, 0.5) is 4.79 Å². The number of urea groups is 1. The number of primary amides is 1. The summed E-state index contributed by atoms with van der Waals surface area (Å²) in [6.45, 7) is 0.850. The molecule has 8 nitrogen and oxygen atoms in total. The number of hydrogen-bond acceptors (Lipinski definition) is 5. The van der Waals surface area contributed by atoms with Gasteiger partial charge in [0.1, 0.15) is 12.1 Å². The van der Waals surface area contributed by atoms with E-state index in [2.05, 4.69) is 10.1 Å². The molecule has 116 valence electrons. The van der Waals surface area contributed by atoms with Gasteiger partial charge in [-0.1, -0.05) is 19.8 Å². The van der Waals surface area contributed by atoms with Gasteiger partial charge in [0.15, 0.2) is 6.61 Å². The lowest BCUT2D eigenvalue weighted by Crippen LogP contribution is -2.54. The predicted octanol–water partition coefficient (Wildman–Crippen LogP) is -0.484. The van der Waals surface area contributed by atoms with Crippen LogP contribution in [0.2, 0.25) is 0 Å². The molecule has 8 heteroatoms. The molecule has 1 saturated carbocycles. The molecule has 21 heavy (non-hydrogen) atoms. The fourth-order valence-corrected chi connectivity index (χ4v) is 2.97. The van der Waals surface area contributed by atoms with Crippen LogP contribution in [0.5, 0.6) is 0 Å². The molecule has 0 aromatic carbocycles. The number of rotatable bonds is 4. The molecule has 0 bridgehead atoms. The first kappa shape index (κ1) is 15.3. The minimum absolute atomic E-state index is 0.0225. The lowest BCUT2D eigenvalue weighted by Gasteiger charge is -2.36. The Bertz CT molecular complexity index is 492. The van der Waals surface area contributed by atoms with Crippen LogP contribution in [0.15, 0.2) is 0 Å². The summed E-state index contributed by atoms with van der Waals surface area (Å²) in [4.78, 5) is 47.4. The van der Waals surface area contributed by atoms with E-state index in [1.54, 1.807) is 0 Å². The second-order valence-electron chi connectivity index (χ2n) is 5.57. The Morgan fingerprint density at radius 1 is 1.43 bits per heavy atom. The van der Waals surface area contributed by atoms with Gasteiger partial charge in [-0.2, -0.15) is 0 Å². The Labute approximate surface area is 122 Å². The highest BCUT2D eigenvalue weighted by Gasteiger charge is 2.55. The first-order valence-corrected chi connectivity index (χ1v) is 6.95. The number of esters is 1. The summed E-state index contributed by atoms with van der Waals surface area (Å²) < 4.78 is 4.58. The molecule has 1 spiro atoms. The van der Waals surface area contributed by atoms with Crippen LogP contribution in [-0.2, 0) is 19.1 Å². The van der Waals surface area contributed by atoms with Crippen LogP contribution < -0.4 is 11.1 Å². The van der Waals surface area contributed by atoms with E-state index >= 15 is 0 Å². The molecular weight excluding hydrogens is 278 g/mol. The number of nitrogens with one attached hydrogen (secondary N) is 1. The van der Waals surface area contributed by atoms with E-state index in [9.17, 15) is 19.2 Å². The monoisotopic (exact) mass is 297 g/mol. The third-order valence-electron chi connectivity index (χ3n) is 4.16. The SMILES string of the molecule is C[C@@H]1CCCC[C@]12NC(=O)N(CC(=O)OCC(N)=O)C2=O. The number of amides is 4. The molecule has 2 aliphatic rings. The minimum atomic E-state index is -0.903. The summed E-state index contributed by atoms with van der Waals surface area (Å²) in [6, 6.07) is -0.593. The number of ether oxygens (including phenoxy) is 1. The van der Waals surface area contributed by atoms with Gasteiger partial charge in [-0.25, -0.2) is 4.79 Å². The van der Waals surface area contributed by atoms with E-state index in [1.165, 1.54) is 0 Å². The number of imide groups is 1. The lowest BCUT2D eigenvalue weighted by atomic mass is 9.73. The molecule has 1 heterocycles. The van der Waals surface area contributed by atoms with Gasteiger partial charge in [0.05, 0.1) is 0 Å². The average molecular weight is 297 g/mol. The number of carbonyl (C=O) groups is 4. The number of hydrogen-bond donors (Lipinski definition) is 2. The first-order chi connectivity index (χ1) is 9.86. The molecule has 2 rings (SSSR count). The maximum atomic E-state index is 12.5. The highest BCUT2D eigenvalue weighted by molar-refractivity contribution is 6.09. The zero-order valence-electron chi connectivity index (χ0n) is 11.9. The van der Waals surface area contributed by atoms with Gasteiger partial charge in [-0.05, 0) is 18.8 Å². The predicted molar refractivity (Wildman–Crippen MR) is 70.8 cm³/mol. The molecule has 2 fully saturated rings. The van der Waals surface area contributed by atoms with Gasteiger partial charge >= 0.3 is 12.0 Å². The van der Waals surface area contributed by atoms with Crippen molar-refractivity contribution >= 4 is 23.8 Å². The van der Waals surface area contributed by atoms with E-state index in [0.717, 1.165) is 24.2 Å². The Hall–Kier alpha value is -2.12. The largest absolute Gasteiger partial charge is 0.454 e. The fourth-order valence-electron chi connectivity index (χ4n) is 2.97. The van der Waals surface area contributed by atoms with Crippen LogP contribution in [0.25, 0.3) is 0 Å². The van der Waals surface area contributed by atoms with Crippen molar-refractivity contribution in [3.05, 3.63) is 0 Å². The Kier molecular flexibility index (Phi) is 4.15. The highest BCUT2D eigenvalue weighted by atomic mass is 16.5. The molecule has 1 saturated heterocycles. The molecule has 0 radical (unpaired) electrons. The van der Waals surface area contributed by atoms with E-state index in [-0.39, 0.29) is 5.92 Å². The van der Waals surface area contributed by atoms with Crippen molar-refractivity contribution in [2.75, 3.05) is 13.2 Å². The van der Waals surface area contributed by atoms with Crippen molar-refractivity contribution in [1.82, 2.24) is 10.2 Å². The molecular formula is C13H19N3O5. The minimum Gasteiger partial charge on any atom is -0.454 e. The Balaban J connectivity index is 2.05. The maximum Gasteiger partial charge on any atom is 0.326 e. The van der Waals surface area contributed by atoms with E-state index in [4.69, 9.17) is 5.73 Å². The van der Waals surface area contributed by atoms with E-state index in [0.29, 0.717) is 6.42 Å². The van der Waals surface area contributed by atoms with Crippen LogP contribution in [0.1, 0.15) is 32.6 Å². The van der Waals surface area contributed by atoms with Crippen molar-refractivity contribution in [3.63, 3.8) is 0 Å². The average Bonchev–Trinajstić information content (AvgIpc) is 2.65. The molecule has 0 unspecified atom stereocenters. The van der Waals surface area contributed by atoms with Crippen molar-refractivity contribution in [2.45, 2.75) is 38.1 Å². The fraction of sp³-hybridized carbons (Fsp3) is 0.692. The van der Waals surface area contributed by atoms with Gasteiger partial charge in [0.2, 0.25) is 0 Å². The highest BCUT2D eigenvalue weighted by Crippen LogP contribution is 2.38. The third kappa shape index (κ3) is 2.84. The maximum absolute atomic E-state index is 12.5. The molecule has 1 aliphatic carbocycles. The molecule has 0 aromatic heterocycles. The quantitative estimate of drug-likeness (QED) is 0.536. The number of carbonyl (C=O) groups excluding carboxylic acids is 4. The van der Waals surface area contributed by atoms with Gasteiger partial charge in [0, 0.05) is 0 Å². The Morgan fingerprint density at radius 2 is 2.14 bits per heavy atom. The van der Waals surface area contributed by atoms with Crippen molar-refractivity contribution in [3.8, 4) is 0 Å². The molecule has 2 atom stereocenters. The van der Waals surface area contributed by atoms with Crippen LogP contribution in [0, 0.1) is 5.92 Å². The first-order valence-electron chi connectivity index (χ1n) is 6.95. The molecule has 1 aliphatic heterocycles. The zero-order chi connectivity index (χ0) is 15.6. The lowest BCUT2D eigenvalue weighted by molar-refractivity contribution is -0.151. The second kappa shape index (κ2) is 5.71. The molecule has 3 N–H and O–H groups in total. The number of nitrogens with two attached hydrogens (primary N) is 1. The summed E-state index contributed by atoms with van der Waals surface area (Å²) in [7, 11) is 0. The Morgan fingerprint density at radius 3 is 2.76 bits per heavy atom. The van der Waals surface area contributed by atoms with Gasteiger partial charge in [-0.15, -0.1) is 0 Å². The van der Waals surface area contributed by atoms with Crippen molar-refractivity contribution in [2.24, 2.45) is 11.7 Å². The van der Waals surface area contributed by atoms with E-state index in [1.807, 2.05) is 6.92 Å². The van der Waals surface area contributed by atoms with E-state index < -0.39 is 42.5 Å². The summed E-state index contributed by atoms with van der Waals surface area (Å²) in [6.07, 6.45) is 3.31. The third-order valence-corrected chi connectivity index (χ3v) is 4.16. The standard InChI is InChI=1S/C13H19N3O5/c1-8-4-2-3-5-13(8)11(19)16(12(20)15-13)6-10(18)21-7-9(14)17/h8H,2-7H2,1H3,(H2,14,17)(H,15,20)/t8-,13+/m1/s1. The van der Waals surface area contributed by atoms with Crippen molar-refractivity contribution < 1.29 is 23.9 Å².